The summed E-state index contributed by atoms with van der Waals surface area (Å²) in [5.41, 5.74) is 12.5. The zero-order valence-electron chi connectivity index (χ0n) is 32.2. The second kappa shape index (κ2) is 13.4. The lowest BCUT2D eigenvalue weighted by atomic mass is 9.88. The average Bonchev–Trinajstić information content (AvgIpc) is 3.65. The van der Waals surface area contributed by atoms with Crippen molar-refractivity contribution in [1.82, 2.24) is 9.55 Å². The van der Waals surface area contributed by atoms with Crippen LogP contribution in [0.2, 0.25) is 0 Å². The minimum Gasteiger partial charge on any atom is -0.309 e. The summed E-state index contributed by atoms with van der Waals surface area (Å²) in [6, 6.07) is 79.4. The van der Waals surface area contributed by atoms with E-state index in [2.05, 4.69) is 223 Å². The Balaban J connectivity index is 1.07. The van der Waals surface area contributed by atoms with E-state index in [1.54, 1.807) is 0 Å². The largest absolute Gasteiger partial charge is 0.309 e. The van der Waals surface area contributed by atoms with E-state index in [1.165, 1.54) is 87.3 Å². The summed E-state index contributed by atoms with van der Waals surface area (Å²) in [6.07, 6.45) is 0. The van der Waals surface area contributed by atoms with E-state index in [0.29, 0.717) is 0 Å². The third kappa shape index (κ3) is 5.45. The molecule has 0 fully saturated rings. The Labute approximate surface area is 341 Å². The van der Waals surface area contributed by atoms with Crippen molar-refractivity contribution in [2.75, 3.05) is 0 Å². The molecule has 12 aromatic rings. The number of aromatic nitrogens is 2. The molecular formula is C57H36N2. The maximum absolute atomic E-state index is 5.17. The summed E-state index contributed by atoms with van der Waals surface area (Å²) in [5.74, 6) is 0. The molecule has 0 atom stereocenters. The van der Waals surface area contributed by atoms with Gasteiger partial charge in [-0.3, -0.25) is 0 Å². The van der Waals surface area contributed by atoms with Crippen LogP contribution in [0.4, 0.5) is 0 Å². The molecule has 2 nitrogen and oxygen atoms in total. The highest BCUT2D eigenvalue weighted by atomic mass is 15.0. The third-order valence-electron chi connectivity index (χ3n) is 12.1. The van der Waals surface area contributed by atoms with E-state index in [9.17, 15) is 0 Å². The first-order valence-electron chi connectivity index (χ1n) is 20.3. The van der Waals surface area contributed by atoms with Gasteiger partial charge in [0.2, 0.25) is 0 Å². The van der Waals surface area contributed by atoms with E-state index < -0.39 is 0 Å². The Bertz CT molecular complexity index is 3540. The number of pyridine rings is 1. The molecule has 2 heterocycles. The van der Waals surface area contributed by atoms with Crippen LogP contribution in [0.1, 0.15) is 0 Å². The number of rotatable bonds is 5. The molecule has 0 aliphatic heterocycles. The fourth-order valence-electron chi connectivity index (χ4n) is 9.37. The van der Waals surface area contributed by atoms with Gasteiger partial charge in [-0.05, 0) is 114 Å². The molecule has 0 radical (unpaired) electrons. The standard InChI is InChI=1S/C57H36N2/c1-3-15-38(16-4-1)53-35-43(36-54(58-53)39-17-5-2-6-18-39)41-27-30-50-51(33-41)47-21-10-9-20-46(47)49-24-13-23-45(57(49)50)42-28-31-56-52(34-42)48-22-11-12-25-55(48)59(56)44-29-26-37-14-7-8-19-40(37)32-44/h1-36H. The molecule has 274 valence electrons. The molecular weight excluding hydrogens is 713 g/mol. The molecule has 0 aliphatic rings. The maximum Gasteiger partial charge on any atom is 0.0715 e. The van der Waals surface area contributed by atoms with Crippen molar-refractivity contribution in [3.05, 3.63) is 218 Å². The van der Waals surface area contributed by atoms with Gasteiger partial charge < -0.3 is 4.57 Å². The van der Waals surface area contributed by atoms with E-state index >= 15 is 0 Å². The van der Waals surface area contributed by atoms with Gasteiger partial charge in [0.05, 0.1) is 22.4 Å². The van der Waals surface area contributed by atoms with Crippen LogP contribution >= 0.6 is 0 Å². The van der Waals surface area contributed by atoms with Gasteiger partial charge in [-0.15, -0.1) is 0 Å². The minimum absolute atomic E-state index is 0.963. The van der Waals surface area contributed by atoms with Crippen molar-refractivity contribution in [2.45, 2.75) is 0 Å². The number of hydrogen-bond acceptors (Lipinski definition) is 1. The Hall–Kier alpha value is -7.81. The van der Waals surface area contributed by atoms with Crippen LogP contribution in [-0.4, -0.2) is 9.55 Å². The molecule has 10 aromatic carbocycles. The number of nitrogens with zero attached hydrogens (tertiary/aromatic N) is 2. The highest BCUT2D eigenvalue weighted by molar-refractivity contribution is 6.29. The van der Waals surface area contributed by atoms with Gasteiger partial charge >= 0.3 is 0 Å². The lowest BCUT2D eigenvalue weighted by Crippen LogP contribution is -1.94. The van der Waals surface area contributed by atoms with Crippen molar-refractivity contribution in [3.63, 3.8) is 0 Å². The Kier molecular flexibility index (Phi) is 7.57. The van der Waals surface area contributed by atoms with E-state index in [-0.39, 0.29) is 0 Å². The number of fused-ring (bicyclic) bond motifs is 10. The van der Waals surface area contributed by atoms with Gasteiger partial charge in [-0.2, -0.15) is 0 Å². The Morgan fingerprint density at radius 3 is 1.63 bits per heavy atom. The van der Waals surface area contributed by atoms with Gasteiger partial charge in [0.25, 0.3) is 0 Å². The zero-order valence-corrected chi connectivity index (χ0v) is 32.2. The molecule has 0 saturated carbocycles. The first-order valence-corrected chi connectivity index (χ1v) is 20.3. The summed E-state index contributed by atoms with van der Waals surface area (Å²) in [6.45, 7) is 0. The van der Waals surface area contributed by atoms with Crippen LogP contribution in [0, 0.1) is 0 Å². The summed E-state index contributed by atoms with van der Waals surface area (Å²) in [7, 11) is 0. The van der Waals surface area contributed by atoms with Gasteiger partial charge in [0, 0.05) is 27.6 Å². The fourth-order valence-corrected chi connectivity index (χ4v) is 9.37. The predicted molar refractivity (Wildman–Crippen MR) is 250 cm³/mol. The molecule has 0 aliphatic carbocycles. The minimum atomic E-state index is 0.963. The first-order chi connectivity index (χ1) is 29.2. The predicted octanol–water partition coefficient (Wildman–Crippen LogP) is 15.5. The van der Waals surface area contributed by atoms with Crippen LogP contribution in [0.3, 0.4) is 0 Å². The summed E-state index contributed by atoms with van der Waals surface area (Å²) < 4.78 is 2.42. The van der Waals surface area contributed by atoms with Crippen molar-refractivity contribution in [3.8, 4) is 50.5 Å². The first kappa shape index (κ1) is 33.3. The van der Waals surface area contributed by atoms with E-state index in [1.807, 2.05) is 0 Å². The lowest BCUT2D eigenvalue weighted by molar-refractivity contribution is 1.19. The van der Waals surface area contributed by atoms with Crippen molar-refractivity contribution in [1.29, 1.82) is 0 Å². The number of hydrogen-bond donors (Lipinski definition) is 0. The molecule has 0 spiro atoms. The van der Waals surface area contributed by atoms with Crippen LogP contribution < -0.4 is 0 Å². The Morgan fingerprint density at radius 1 is 0.288 bits per heavy atom. The molecule has 2 heteroatoms. The van der Waals surface area contributed by atoms with Crippen LogP contribution in [0.25, 0.3) is 115 Å². The number of para-hydroxylation sites is 1. The molecule has 59 heavy (non-hydrogen) atoms. The van der Waals surface area contributed by atoms with Crippen LogP contribution in [0.15, 0.2) is 218 Å². The number of benzene rings is 10. The SMILES string of the molecule is c1ccc(-c2cc(-c3ccc4c(c3)c3ccccc3c3cccc(-c5ccc6c(c5)c5ccccc5n6-c5ccc6ccccc6c5)c34)cc(-c3ccccc3)n2)cc1. The van der Waals surface area contributed by atoms with Crippen molar-refractivity contribution in [2.24, 2.45) is 0 Å². The second-order valence-corrected chi connectivity index (χ2v) is 15.5. The van der Waals surface area contributed by atoms with Crippen molar-refractivity contribution < 1.29 is 0 Å². The molecule has 0 unspecified atom stereocenters. The van der Waals surface area contributed by atoms with Crippen molar-refractivity contribution >= 4 is 64.9 Å². The maximum atomic E-state index is 5.17. The summed E-state index contributed by atoms with van der Waals surface area (Å²) in [4.78, 5) is 5.17. The molecule has 2 aromatic heterocycles. The van der Waals surface area contributed by atoms with Gasteiger partial charge in [0.1, 0.15) is 0 Å². The normalized spacial score (nSPS) is 11.7. The van der Waals surface area contributed by atoms with Crippen LogP contribution in [0.5, 0.6) is 0 Å². The smallest absolute Gasteiger partial charge is 0.0715 e. The second-order valence-electron chi connectivity index (χ2n) is 15.5. The van der Waals surface area contributed by atoms with E-state index in [0.717, 1.165) is 28.1 Å². The topological polar surface area (TPSA) is 17.8 Å². The van der Waals surface area contributed by atoms with Gasteiger partial charge in [-0.1, -0.05) is 170 Å². The summed E-state index contributed by atoms with van der Waals surface area (Å²) in [5, 5.41) is 12.5. The highest BCUT2D eigenvalue weighted by Crippen LogP contribution is 2.44. The van der Waals surface area contributed by atoms with Gasteiger partial charge in [-0.25, -0.2) is 4.98 Å². The average molecular weight is 749 g/mol. The zero-order chi connectivity index (χ0) is 38.9. The molecule has 0 bridgehead atoms. The molecule has 0 amide bonds. The molecule has 0 N–H and O–H groups in total. The Morgan fingerprint density at radius 2 is 0.864 bits per heavy atom. The third-order valence-corrected chi connectivity index (χ3v) is 12.1. The quantitative estimate of drug-likeness (QED) is 0.160. The van der Waals surface area contributed by atoms with Gasteiger partial charge in [0.15, 0.2) is 0 Å². The summed E-state index contributed by atoms with van der Waals surface area (Å²) >= 11 is 0. The van der Waals surface area contributed by atoms with Crippen LogP contribution in [-0.2, 0) is 0 Å². The fraction of sp³-hybridized carbons (Fsp3) is 0. The molecule has 12 rings (SSSR count). The van der Waals surface area contributed by atoms with E-state index in [4.69, 9.17) is 4.98 Å². The monoisotopic (exact) mass is 748 g/mol. The molecule has 0 saturated heterocycles. The lowest BCUT2D eigenvalue weighted by Gasteiger charge is -2.16. The highest BCUT2D eigenvalue weighted by Gasteiger charge is 2.18.